The van der Waals surface area contributed by atoms with E-state index in [-0.39, 0.29) is 17.7 Å². The molecule has 0 aliphatic carbocycles. The van der Waals surface area contributed by atoms with Crippen molar-refractivity contribution in [2.75, 3.05) is 13.7 Å². The van der Waals surface area contributed by atoms with Crippen LogP contribution in [-0.4, -0.2) is 42.3 Å². The third-order valence-corrected chi connectivity index (χ3v) is 7.33. The Morgan fingerprint density at radius 1 is 1.11 bits per heavy atom. The zero-order chi connectivity index (χ0) is 27.7. The molecule has 0 bridgehead atoms. The van der Waals surface area contributed by atoms with Crippen LogP contribution in [-0.2, 0) is 20.9 Å². The average Bonchev–Trinajstić information content (AvgIpc) is 3.06. The van der Waals surface area contributed by atoms with Crippen LogP contribution >= 0.6 is 0 Å². The monoisotopic (exact) mass is 521 g/mol. The Balaban J connectivity index is 1.77. The van der Waals surface area contributed by atoms with Gasteiger partial charge in [-0.3, -0.25) is 14.4 Å². The maximum Gasteiger partial charge on any atom is 0.245 e. The number of likely N-dealkylation sites (tertiary alicyclic amines) is 1. The van der Waals surface area contributed by atoms with Crippen LogP contribution in [0.15, 0.2) is 48.5 Å². The number of carbonyl (C=O) groups is 3. The summed E-state index contributed by atoms with van der Waals surface area (Å²) in [5, 5.41) is 3.02. The molecule has 0 aromatic heterocycles. The van der Waals surface area contributed by atoms with Crippen molar-refractivity contribution in [3.05, 3.63) is 54.1 Å². The average molecular weight is 522 g/mol. The number of methoxy groups -OCH3 is 1. The molecule has 3 atom stereocenters. The van der Waals surface area contributed by atoms with Gasteiger partial charge < -0.3 is 20.7 Å². The fourth-order valence-electron chi connectivity index (χ4n) is 5.43. The minimum atomic E-state index is -0.604. The third kappa shape index (κ3) is 7.59. The molecule has 3 amide bonds. The van der Waals surface area contributed by atoms with E-state index in [2.05, 4.69) is 11.4 Å². The molecule has 3 rings (SSSR count). The number of amides is 3. The van der Waals surface area contributed by atoms with Gasteiger partial charge in [0.2, 0.25) is 17.7 Å². The number of primary amides is 1. The van der Waals surface area contributed by atoms with Gasteiger partial charge in [0.15, 0.2) is 0 Å². The second kappa shape index (κ2) is 14.0. The van der Waals surface area contributed by atoms with Gasteiger partial charge in [0, 0.05) is 30.5 Å². The van der Waals surface area contributed by atoms with Crippen LogP contribution in [0, 0.1) is 17.8 Å². The van der Waals surface area contributed by atoms with E-state index in [4.69, 9.17) is 10.5 Å². The number of nitrogens with zero attached hydrogens (tertiary/aromatic N) is 1. The summed E-state index contributed by atoms with van der Waals surface area (Å²) in [4.78, 5) is 41.1. The van der Waals surface area contributed by atoms with Gasteiger partial charge in [0.05, 0.1) is 7.11 Å². The maximum absolute atomic E-state index is 13.6. The van der Waals surface area contributed by atoms with Gasteiger partial charge in [-0.1, -0.05) is 63.6 Å². The van der Waals surface area contributed by atoms with Crippen molar-refractivity contribution in [1.29, 1.82) is 0 Å². The Morgan fingerprint density at radius 2 is 1.87 bits per heavy atom. The molecule has 7 heteroatoms. The standard InChI is InChI=1S/C31H43N3O4/c1-5-11-25(29(32)35)26(18-21(2)3)30(36)33-27-15-8-9-17-34(31(27)37)20-22-12-10-13-23(19-22)24-14-6-7-16-28(24)38-4/h6-7,10,12-14,16,19,21,25-27H,5,8-9,11,15,17-18,20H2,1-4H3,(H2,32,35)(H,33,36)/t25-,26?,27?/m0/s1. The van der Waals surface area contributed by atoms with Gasteiger partial charge in [0.25, 0.3) is 0 Å². The Morgan fingerprint density at radius 3 is 2.55 bits per heavy atom. The highest BCUT2D eigenvalue weighted by molar-refractivity contribution is 5.91. The maximum atomic E-state index is 13.6. The number of nitrogens with two attached hydrogens (primary N) is 1. The molecule has 1 saturated heterocycles. The van der Waals surface area contributed by atoms with E-state index < -0.39 is 23.8 Å². The van der Waals surface area contributed by atoms with E-state index in [0.717, 1.165) is 41.7 Å². The highest BCUT2D eigenvalue weighted by Gasteiger charge is 2.35. The van der Waals surface area contributed by atoms with E-state index in [9.17, 15) is 14.4 Å². The van der Waals surface area contributed by atoms with Gasteiger partial charge in [-0.2, -0.15) is 0 Å². The zero-order valence-electron chi connectivity index (χ0n) is 23.2. The fourth-order valence-corrected chi connectivity index (χ4v) is 5.43. The zero-order valence-corrected chi connectivity index (χ0v) is 23.2. The van der Waals surface area contributed by atoms with E-state index >= 15 is 0 Å². The molecule has 0 spiro atoms. The lowest BCUT2D eigenvalue weighted by molar-refractivity contribution is -0.139. The highest BCUT2D eigenvalue weighted by atomic mass is 16.5. The molecule has 2 aromatic carbocycles. The van der Waals surface area contributed by atoms with Crippen molar-refractivity contribution in [3.63, 3.8) is 0 Å². The lowest BCUT2D eigenvalue weighted by atomic mass is 9.81. The van der Waals surface area contributed by atoms with Crippen LogP contribution in [0.25, 0.3) is 11.1 Å². The summed E-state index contributed by atoms with van der Waals surface area (Å²) in [6.45, 7) is 7.14. The summed E-state index contributed by atoms with van der Waals surface area (Å²) in [7, 11) is 1.66. The highest BCUT2D eigenvalue weighted by Crippen LogP contribution is 2.31. The van der Waals surface area contributed by atoms with Gasteiger partial charge in [-0.25, -0.2) is 0 Å². The molecule has 2 unspecified atom stereocenters. The number of nitrogens with one attached hydrogen (secondary N) is 1. The Labute approximate surface area is 227 Å². The van der Waals surface area contributed by atoms with Crippen LogP contribution in [0.4, 0.5) is 0 Å². The number of rotatable bonds is 12. The van der Waals surface area contributed by atoms with Crippen molar-refractivity contribution in [2.24, 2.45) is 23.5 Å². The normalized spacial score (nSPS) is 17.6. The van der Waals surface area contributed by atoms with Crippen LogP contribution in [0.2, 0.25) is 0 Å². The minimum absolute atomic E-state index is 0.0760. The molecular formula is C31H43N3O4. The number of hydrogen-bond donors (Lipinski definition) is 2. The van der Waals surface area contributed by atoms with Gasteiger partial charge in [-0.05, 0) is 61.3 Å². The van der Waals surface area contributed by atoms with Gasteiger partial charge in [0.1, 0.15) is 11.8 Å². The van der Waals surface area contributed by atoms with Crippen LogP contribution < -0.4 is 15.8 Å². The molecule has 7 nitrogen and oxygen atoms in total. The predicted octanol–water partition coefficient (Wildman–Crippen LogP) is 4.92. The second-order valence-corrected chi connectivity index (χ2v) is 10.8. The molecule has 206 valence electrons. The molecular weight excluding hydrogens is 478 g/mol. The molecule has 1 aliphatic rings. The first-order chi connectivity index (χ1) is 18.2. The molecule has 1 heterocycles. The first-order valence-corrected chi connectivity index (χ1v) is 13.9. The van der Waals surface area contributed by atoms with Crippen molar-refractivity contribution in [3.8, 4) is 16.9 Å². The lowest BCUT2D eigenvalue weighted by Crippen LogP contribution is -2.50. The fraction of sp³-hybridized carbons (Fsp3) is 0.516. The topological polar surface area (TPSA) is 102 Å². The van der Waals surface area contributed by atoms with Gasteiger partial charge in [-0.15, -0.1) is 0 Å². The molecule has 2 aromatic rings. The SMILES string of the molecule is CCC[C@H](C(N)=O)C(CC(C)C)C(=O)NC1CCCCN(Cc2cccc(-c3ccccc3OC)c2)C1=O. The van der Waals surface area contributed by atoms with Crippen LogP contribution in [0.5, 0.6) is 5.75 Å². The number of hydrogen-bond acceptors (Lipinski definition) is 4. The molecule has 1 aliphatic heterocycles. The molecule has 1 fully saturated rings. The molecule has 38 heavy (non-hydrogen) atoms. The lowest BCUT2D eigenvalue weighted by Gasteiger charge is -2.29. The van der Waals surface area contributed by atoms with Crippen molar-refractivity contribution in [1.82, 2.24) is 10.2 Å². The summed E-state index contributed by atoms with van der Waals surface area (Å²) < 4.78 is 5.53. The summed E-state index contributed by atoms with van der Waals surface area (Å²) in [5.41, 5.74) is 8.74. The summed E-state index contributed by atoms with van der Waals surface area (Å²) in [6, 6.07) is 15.4. The largest absolute Gasteiger partial charge is 0.496 e. The first-order valence-electron chi connectivity index (χ1n) is 13.9. The first kappa shape index (κ1) is 29.2. The van der Waals surface area contributed by atoms with E-state index in [1.54, 1.807) is 7.11 Å². The van der Waals surface area contributed by atoms with E-state index in [1.807, 2.05) is 68.1 Å². The van der Waals surface area contributed by atoms with Crippen molar-refractivity contribution in [2.45, 2.75) is 71.9 Å². The van der Waals surface area contributed by atoms with Crippen LogP contribution in [0.3, 0.4) is 0 Å². The Kier molecular flexibility index (Phi) is 10.7. The van der Waals surface area contributed by atoms with Crippen LogP contribution in [0.1, 0.15) is 64.9 Å². The van der Waals surface area contributed by atoms with Crippen molar-refractivity contribution >= 4 is 17.7 Å². The predicted molar refractivity (Wildman–Crippen MR) is 150 cm³/mol. The summed E-state index contributed by atoms with van der Waals surface area (Å²) in [5.74, 6) is -0.807. The number of carbonyl (C=O) groups excluding carboxylic acids is 3. The second-order valence-electron chi connectivity index (χ2n) is 10.8. The Bertz CT molecular complexity index is 1100. The summed E-state index contributed by atoms with van der Waals surface area (Å²) in [6.07, 6.45) is 4.19. The minimum Gasteiger partial charge on any atom is -0.496 e. The number of para-hydroxylation sites is 1. The van der Waals surface area contributed by atoms with Gasteiger partial charge >= 0.3 is 0 Å². The number of benzene rings is 2. The third-order valence-electron chi connectivity index (χ3n) is 7.33. The molecule has 0 saturated carbocycles. The molecule has 0 radical (unpaired) electrons. The smallest absolute Gasteiger partial charge is 0.245 e. The Hall–Kier alpha value is -3.35. The van der Waals surface area contributed by atoms with Crippen molar-refractivity contribution < 1.29 is 19.1 Å². The van der Waals surface area contributed by atoms with E-state index in [1.165, 1.54) is 0 Å². The van der Waals surface area contributed by atoms with E-state index in [0.29, 0.717) is 32.4 Å². The summed E-state index contributed by atoms with van der Waals surface area (Å²) >= 11 is 0. The number of ether oxygens (including phenoxy) is 1. The molecule has 3 N–H and O–H groups in total. The quantitative estimate of drug-likeness (QED) is 0.414.